The first kappa shape index (κ1) is 20.4. The number of thioether (sulfide) groups is 1. The standard InChI is InChI=1S/C18H15BrN2O5S2/c1-21-17(22)16(27-18(21)23)9-11-8-15(26-2)14(10-13(11)19)20-28(24,25)12-6-4-3-5-7-12/h3-10,20H,1-2H3/b16-9-. The van der Waals surface area contributed by atoms with Crippen molar-refractivity contribution in [2.75, 3.05) is 18.9 Å². The van der Waals surface area contributed by atoms with E-state index in [2.05, 4.69) is 20.7 Å². The van der Waals surface area contributed by atoms with Crippen LogP contribution in [-0.4, -0.2) is 38.6 Å². The summed E-state index contributed by atoms with van der Waals surface area (Å²) in [5.74, 6) is -0.126. The number of hydrogen-bond acceptors (Lipinski definition) is 6. The quantitative estimate of drug-likeness (QED) is 0.649. The average Bonchev–Trinajstić information content (AvgIpc) is 2.91. The second kappa shape index (κ2) is 7.98. The van der Waals surface area contributed by atoms with Gasteiger partial charge >= 0.3 is 0 Å². The van der Waals surface area contributed by atoms with Crippen molar-refractivity contribution < 1.29 is 22.7 Å². The highest BCUT2D eigenvalue weighted by molar-refractivity contribution is 9.10. The first-order valence-electron chi connectivity index (χ1n) is 7.90. The summed E-state index contributed by atoms with van der Waals surface area (Å²) in [7, 11) is -0.975. The fourth-order valence-corrected chi connectivity index (χ4v) is 4.78. The van der Waals surface area contributed by atoms with Crippen LogP contribution < -0.4 is 9.46 Å². The Morgan fingerprint density at radius 3 is 2.43 bits per heavy atom. The van der Waals surface area contributed by atoms with E-state index < -0.39 is 15.9 Å². The number of nitrogens with one attached hydrogen (secondary N) is 1. The lowest BCUT2D eigenvalue weighted by molar-refractivity contribution is -0.121. The molecule has 1 aliphatic rings. The van der Waals surface area contributed by atoms with E-state index in [9.17, 15) is 18.0 Å². The SMILES string of the molecule is COc1cc(/C=C2\SC(=O)N(C)C2=O)c(Br)cc1NS(=O)(=O)c1ccccc1. The molecule has 1 aliphatic heterocycles. The molecule has 1 saturated heterocycles. The minimum Gasteiger partial charge on any atom is -0.495 e. The number of ether oxygens (including phenoxy) is 1. The number of anilines is 1. The van der Waals surface area contributed by atoms with Gasteiger partial charge in [0.1, 0.15) is 5.75 Å². The van der Waals surface area contributed by atoms with Crippen LogP contribution in [0, 0.1) is 0 Å². The third-order valence-electron chi connectivity index (χ3n) is 3.89. The molecule has 146 valence electrons. The molecule has 2 aromatic rings. The van der Waals surface area contributed by atoms with Gasteiger partial charge in [-0.1, -0.05) is 34.1 Å². The first-order chi connectivity index (χ1) is 13.2. The molecule has 0 aromatic heterocycles. The predicted molar refractivity (Wildman–Crippen MR) is 112 cm³/mol. The summed E-state index contributed by atoms with van der Waals surface area (Å²) in [4.78, 5) is 25.2. The zero-order valence-electron chi connectivity index (χ0n) is 14.8. The Morgan fingerprint density at radius 2 is 1.86 bits per heavy atom. The van der Waals surface area contributed by atoms with Gasteiger partial charge in [-0.25, -0.2) is 8.42 Å². The van der Waals surface area contributed by atoms with E-state index >= 15 is 0 Å². The smallest absolute Gasteiger partial charge is 0.293 e. The molecular weight excluding hydrogens is 468 g/mol. The third kappa shape index (κ3) is 4.08. The zero-order valence-corrected chi connectivity index (χ0v) is 18.0. The Morgan fingerprint density at radius 1 is 1.18 bits per heavy atom. The molecule has 0 bridgehead atoms. The van der Waals surface area contributed by atoms with Gasteiger partial charge in [0.2, 0.25) is 0 Å². The number of imide groups is 1. The largest absolute Gasteiger partial charge is 0.495 e. The monoisotopic (exact) mass is 482 g/mol. The summed E-state index contributed by atoms with van der Waals surface area (Å²) in [6.45, 7) is 0. The second-order valence-corrected chi connectivity index (χ2v) is 9.26. The number of halogens is 1. The highest BCUT2D eigenvalue weighted by Gasteiger charge is 2.32. The van der Waals surface area contributed by atoms with Crippen molar-refractivity contribution in [3.8, 4) is 5.75 Å². The van der Waals surface area contributed by atoms with E-state index in [0.717, 1.165) is 16.7 Å². The van der Waals surface area contributed by atoms with Crippen LogP contribution in [0.3, 0.4) is 0 Å². The number of carbonyl (C=O) groups excluding carboxylic acids is 2. The summed E-state index contributed by atoms with van der Waals surface area (Å²) in [6.07, 6.45) is 1.55. The molecule has 0 radical (unpaired) electrons. The molecule has 28 heavy (non-hydrogen) atoms. The van der Waals surface area contributed by atoms with E-state index in [4.69, 9.17) is 4.74 Å². The van der Waals surface area contributed by atoms with E-state index in [1.54, 1.807) is 36.4 Å². The molecule has 0 atom stereocenters. The van der Waals surface area contributed by atoms with Crippen LogP contribution in [0.15, 0.2) is 56.7 Å². The fraction of sp³-hybridized carbons (Fsp3) is 0.111. The third-order valence-corrected chi connectivity index (χ3v) is 6.92. The van der Waals surface area contributed by atoms with E-state index in [1.165, 1.54) is 26.3 Å². The number of rotatable bonds is 5. The van der Waals surface area contributed by atoms with E-state index in [-0.39, 0.29) is 26.5 Å². The summed E-state index contributed by atoms with van der Waals surface area (Å²) >= 11 is 4.21. The summed E-state index contributed by atoms with van der Waals surface area (Å²) in [6, 6.07) is 11.1. The van der Waals surface area contributed by atoms with Crippen molar-refractivity contribution in [3.63, 3.8) is 0 Å². The Bertz CT molecular complexity index is 1080. The molecule has 1 fully saturated rings. The number of hydrogen-bond donors (Lipinski definition) is 1. The van der Waals surface area contributed by atoms with Crippen LogP contribution in [0.5, 0.6) is 5.75 Å². The van der Waals surface area contributed by atoms with Gasteiger partial charge in [0.05, 0.1) is 22.6 Å². The molecule has 1 heterocycles. The average molecular weight is 483 g/mol. The summed E-state index contributed by atoms with van der Waals surface area (Å²) in [5.41, 5.74) is 0.803. The molecule has 10 heteroatoms. The Balaban J connectivity index is 1.97. The highest BCUT2D eigenvalue weighted by Crippen LogP contribution is 2.37. The Kier molecular flexibility index (Phi) is 5.82. The number of nitrogens with zero attached hydrogens (tertiary/aromatic N) is 1. The zero-order chi connectivity index (χ0) is 20.5. The Labute approximate surface area is 174 Å². The molecule has 7 nitrogen and oxygen atoms in total. The van der Waals surface area contributed by atoms with Crippen molar-refractivity contribution in [1.29, 1.82) is 0 Å². The molecule has 3 rings (SSSR count). The van der Waals surface area contributed by atoms with Gasteiger partial charge < -0.3 is 4.74 Å². The highest BCUT2D eigenvalue weighted by atomic mass is 79.9. The van der Waals surface area contributed by atoms with Crippen LogP contribution in [0.1, 0.15) is 5.56 Å². The van der Waals surface area contributed by atoms with Gasteiger partial charge in [-0.05, 0) is 47.7 Å². The molecule has 0 spiro atoms. The van der Waals surface area contributed by atoms with Crippen LogP contribution in [0.25, 0.3) is 6.08 Å². The van der Waals surface area contributed by atoms with Crippen molar-refractivity contribution in [2.45, 2.75) is 4.90 Å². The van der Waals surface area contributed by atoms with Gasteiger partial charge in [0, 0.05) is 11.5 Å². The number of methoxy groups -OCH3 is 1. The van der Waals surface area contributed by atoms with Crippen LogP contribution in [0.4, 0.5) is 10.5 Å². The van der Waals surface area contributed by atoms with E-state index in [1.807, 2.05) is 0 Å². The maximum absolute atomic E-state index is 12.6. The maximum atomic E-state index is 12.6. The molecule has 0 saturated carbocycles. The molecule has 2 aromatic carbocycles. The second-order valence-electron chi connectivity index (χ2n) is 5.73. The number of carbonyl (C=O) groups is 2. The van der Waals surface area contributed by atoms with Gasteiger partial charge in [0.15, 0.2) is 0 Å². The van der Waals surface area contributed by atoms with Crippen molar-refractivity contribution in [2.24, 2.45) is 0 Å². The maximum Gasteiger partial charge on any atom is 0.293 e. The van der Waals surface area contributed by atoms with Crippen molar-refractivity contribution in [1.82, 2.24) is 4.90 Å². The number of benzene rings is 2. The fourth-order valence-electron chi connectivity index (χ4n) is 2.42. The predicted octanol–water partition coefficient (Wildman–Crippen LogP) is 3.92. The van der Waals surface area contributed by atoms with Gasteiger partial charge in [-0.15, -0.1) is 0 Å². The molecule has 2 amide bonds. The lowest BCUT2D eigenvalue weighted by Gasteiger charge is -2.14. The summed E-state index contributed by atoms with van der Waals surface area (Å²) in [5, 5.41) is -0.355. The van der Waals surface area contributed by atoms with Gasteiger partial charge in [-0.2, -0.15) is 0 Å². The van der Waals surface area contributed by atoms with Gasteiger partial charge in [-0.3, -0.25) is 19.2 Å². The normalized spacial score (nSPS) is 16.0. The Hall–Kier alpha value is -2.30. The van der Waals surface area contributed by atoms with Gasteiger partial charge in [0.25, 0.3) is 21.2 Å². The number of sulfonamides is 1. The van der Waals surface area contributed by atoms with Crippen molar-refractivity contribution in [3.05, 3.63) is 57.4 Å². The first-order valence-corrected chi connectivity index (χ1v) is 11.0. The minimum atomic E-state index is -3.80. The molecule has 0 unspecified atom stereocenters. The van der Waals surface area contributed by atoms with Crippen molar-refractivity contribution >= 4 is 60.6 Å². The molecule has 1 N–H and O–H groups in total. The molecular formula is C18H15BrN2O5S2. The lowest BCUT2D eigenvalue weighted by Crippen LogP contribution is -2.22. The topological polar surface area (TPSA) is 92.8 Å². The van der Waals surface area contributed by atoms with E-state index in [0.29, 0.717) is 10.0 Å². The molecule has 0 aliphatic carbocycles. The number of likely N-dealkylation sites (N-methyl/N-ethyl adjacent to an activating group) is 1. The minimum absolute atomic E-state index is 0.119. The summed E-state index contributed by atoms with van der Waals surface area (Å²) < 4.78 is 33.5. The number of amides is 2. The van der Waals surface area contributed by atoms with Crippen LogP contribution in [0.2, 0.25) is 0 Å². The lowest BCUT2D eigenvalue weighted by atomic mass is 10.1. The van der Waals surface area contributed by atoms with Crippen LogP contribution >= 0.6 is 27.7 Å². The van der Waals surface area contributed by atoms with Crippen LogP contribution in [-0.2, 0) is 14.8 Å².